The largest absolute Gasteiger partial charge is 0.493 e. The first kappa shape index (κ1) is 29.5. The summed E-state index contributed by atoms with van der Waals surface area (Å²) in [7, 11) is 1.43. The maximum atomic E-state index is 11.1. The topological polar surface area (TPSA) is 136 Å². The van der Waals surface area contributed by atoms with Crippen molar-refractivity contribution in [2.45, 2.75) is 45.0 Å². The molecule has 3 aromatic carbocycles. The van der Waals surface area contributed by atoms with Crippen molar-refractivity contribution in [1.29, 1.82) is 0 Å². The molecule has 1 saturated heterocycles. The van der Waals surface area contributed by atoms with Gasteiger partial charge in [-0.3, -0.25) is 15.0 Å². The van der Waals surface area contributed by atoms with Crippen LogP contribution in [0.3, 0.4) is 0 Å². The van der Waals surface area contributed by atoms with Gasteiger partial charge in [-0.2, -0.15) is 0 Å². The summed E-state index contributed by atoms with van der Waals surface area (Å²) in [5, 5.41) is 11.0. The molecule has 11 heteroatoms. The number of piperidine rings is 1. The second-order valence-corrected chi connectivity index (χ2v) is 10.4. The van der Waals surface area contributed by atoms with Crippen LogP contribution in [-0.2, 0) is 11.3 Å². The van der Waals surface area contributed by atoms with E-state index in [1.165, 1.54) is 25.3 Å². The average molecular weight is 566 g/mol. The lowest BCUT2D eigenvalue weighted by atomic mass is 10.0. The number of hydrogen-bond acceptors (Lipinski definition) is 9. The Hall–Kier alpha value is -4.51. The van der Waals surface area contributed by atoms with Gasteiger partial charge in [0.2, 0.25) is 0 Å². The van der Waals surface area contributed by atoms with Crippen molar-refractivity contribution >= 4 is 11.8 Å². The molecule has 1 aliphatic heterocycles. The number of hydrogen-bond donors (Lipinski definition) is 1. The molecule has 1 aliphatic rings. The number of nitro benzene ring substituents is 1. The maximum absolute atomic E-state index is 11.1. The van der Waals surface area contributed by atoms with Gasteiger partial charge in [-0.05, 0) is 74.7 Å². The molecule has 3 aromatic rings. The Morgan fingerprint density at radius 1 is 0.976 bits per heavy atom. The average Bonchev–Trinajstić information content (AvgIpc) is 2.93. The Bertz CT molecular complexity index is 1320. The van der Waals surface area contributed by atoms with Crippen LogP contribution >= 0.6 is 0 Å². The number of amides is 1. The smallest absolute Gasteiger partial charge is 0.405 e. The van der Waals surface area contributed by atoms with Crippen LogP contribution in [-0.4, -0.2) is 54.4 Å². The van der Waals surface area contributed by atoms with E-state index in [0.717, 1.165) is 43.0 Å². The number of nitrogens with zero attached hydrogens (tertiary/aromatic N) is 2. The lowest BCUT2D eigenvalue weighted by Gasteiger charge is -2.36. The predicted octanol–water partition coefficient (Wildman–Crippen LogP) is 5.69. The third-order valence-corrected chi connectivity index (χ3v) is 6.56. The van der Waals surface area contributed by atoms with Crippen molar-refractivity contribution in [2.24, 2.45) is 5.73 Å². The van der Waals surface area contributed by atoms with Gasteiger partial charge in [0.25, 0.3) is 5.69 Å². The summed E-state index contributed by atoms with van der Waals surface area (Å²) >= 11 is 0. The number of nitro groups is 1. The molecule has 0 spiro atoms. The molecule has 2 N–H and O–H groups in total. The van der Waals surface area contributed by atoms with Crippen LogP contribution in [0.1, 0.15) is 32.3 Å². The van der Waals surface area contributed by atoms with E-state index >= 15 is 0 Å². The van der Waals surface area contributed by atoms with Crippen LogP contribution in [0.5, 0.6) is 28.7 Å². The molecule has 11 nitrogen and oxygen atoms in total. The molecular formula is C30H35N3O8. The molecule has 0 radical (unpaired) electrons. The van der Waals surface area contributed by atoms with E-state index in [1.54, 1.807) is 12.1 Å². The van der Waals surface area contributed by atoms with Gasteiger partial charge in [-0.25, -0.2) is 4.79 Å². The van der Waals surface area contributed by atoms with Crippen molar-refractivity contribution in [3.05, 3.63) is 82.4 Å². The van der Waals surface area contributed by atoms with Crippen molar-refractivity contribution < 1.29 is 33.4 Å². The van der Waals surface area contributed by atoms with E-state index in [-0.39, 0.29) is 17.5 Å². The summed E-state index contributed by atoms with van der Waals surface area (Å²) in [6.45, 7) is 6.41. The van der Waals surface area contributed by atoms with Crippen LogP contribution < -0.4 is 24.7 Å². The van der Waals surface area contributed by atoms with Gasteiger partial charge in [-0.15, -0.1) is 0 Å². The molecule has 0 unspecified atom stereocenters. The highest BCUT2D eigenvalue weighted by Gasteiger charge is 2.28. The third-order valence-electron chi connectivity index (χ3n) is 6.56. The van der Waals surface area contributed by atoms with E-state index in [4.69, 9.17) is 29.4 Å². The number of benzene rings is 3. The lowest BCUT2D eigenvalue weighted by molar-refractivity contribution is -0.384. The number of carbonyl (C=O) groups excluding carboxylic acids is 1. The maximum Gasteiger partial charge on any atom is 0.405 e. The molecular weight excluding hydrogens is 530 g/mol. The van der Waals surface area contributed by atoms with Gasteiger partial charge in [0.05, 0.1) is 18.1 Å². The third kappa shape index (κ3) is 8.74. The van der Waals surface area contributed by atoms with Gasteiger partial charge in [0.1, 0.15) is 35.6 Å². The van der Waals surface area contributed by atoms with Gasteiger partial charge in [-0.1, -0.05) is 12.1 Å². The highest BCUT2D eigenvalue weighted by atomic mass is 16.6. The Labute approximate surface area is 238 Å². The minimum Gasteiger partial charge on any atom is -0.493 e. The standard InChI is InChI=1S/C30H35N3O8/c1-30(2,41-29(31)34)20-32-16-14-26(15-17-32)39-24-11-9-23(10-12-24)38-19-21-4-7-25(8-5-21)40-27-13-6-22(33(35)36)18-28(27)37-3/h4-13,18,26H,14-17,19-20H2,1-3H3,(H2,31,34). The fourth-order valence-electron chi connectivity index (χ4n) is 4.64. The first-order valence-corrected chi connectivity index (χ1v) is 13.3. The van der Waals surface area contributed by atoms with Crippen molar-refractivity contribution in [1.82, 2.24) is 4.90 Å². The number of non-ortho nitro benzene ring substituents is 1. The zero-order valence-corrected chi connectivity index (χ0v) is 23.4. The van der Waals surface area contributed by atoms with Crippen LogP contribution in [0.4, 0.5) is 10.5 Å². The molecule has 1 amide bonds. The second-order valence-electron chi connectivity index (χ2n) is 10.4. The molecule has 0 saturated carbocycles. The number of nitrogens with two attached hydrogens (primary N) is 1. The Morgan fingerprint density at radius 2 is 1.61 bits per heavy atom. The number of rotatable bonds is 12. The summed E-state index contributed by atoms with van der Waals surface area (Å²) in [6.07, 6.45) is 1.11. The van der Waals surface area contributed by atoms with Crippen LogP contribution in [0, 0.1) is 10.1 Å². The molecule has 1 heterocycles. The molecule has 0 aromatic heterocycles. The summed E-state index contributed by atoms with van der Waals surface area (Å²) in [5.74, 6) is 2.74. The first-order valence-electron chi connectivity index (χ1n) is 13.3. The van der Waals surface area contributed by atoms with Crippen molar-refractivity contribution in [2.75, 3.05) is 26.7 Å². The number of ether oxygens (including phenoxy) is 5. The minimum atomic E-state index is -0.758. The molecule has 0 aliphatic carbocycles. The Morgan fingerprint density at radius 3 is 2.22 bits per heavy atom. The normalized spacial score (nSPS) is 14.2. The number of carbonyl (C=O) groups is 1. The van der Waals surface area contributed by atoms with E-state index in [2.05, 4.69) is 4.90 Å². The van der Waals surface area contributed by atoms with Crippen molar-refractivity contribution in [3.63, 3.8) is 0 Å². The van der Waals surface area contributed by atoms with Gasteiger partial charge in [0.15, 0.2) is 11.5 Å². The fraction of sp³-hybridized carbons (Fsp3) is 0.367. The van der Waals surface area contributed by atoms with Gasteiger partial charge >= 0.3 is 6.09 Å². The summed E-state index contributed by atoms with van der Waals surface area (Å²) in [4.78, 5) is 23.8. The molecule has 0 bridgehead atoms. The summed E-state index contributed by atoms with van der Waals surface area (Å²) in [6, 6.07) is 19.1. The molecule has 0 atom stereocenters. The summed E-state index contributed by atoms with van der Waals surface area (Å²) < 4.78 is 28.4. The second kappa shape index (κ2) is 13.2. The summed E-state index contributed by atoms with van der Waals surface area (Å²) in [5.41, 5.74) is 5.41. The highest BCUT2D eigenvalue weighted by molar-refractivity contribution is 5.65. The number of primary amides is 1. The first-order chi connectivity index (χ1) is 19.6. The van der Waals surface area contributed by atoms with E-state index in [0.29, 0.717) is 24.7 Å². The number of likely N-dealkylation sites (tertiary alicyclic amines) is 1. The van der Waals surface area contributed by atoms with Gasteiger partial charge < -0.3 is 29.4 Å². The van der Waals surface area contributed by atoms with E-state index in [9.17, 15) is 14.9 Å². The lowest BCUT2D eigenvalue weighted by Crippen LogP contribution is -2.47. The molecule has 1 fully saturated rings. The van der Waals surface area contributed by atoms with Crippen molar-refractivity contribution in [3.8, 4) is 28.7 Å². The van der Waals surface area contributed by atoms with Crippen LogP contribution in [0.25, 0.3) is 0 Å². The molecule has 4 rings (SSSR count). The fourth-order valence-corrected chi connectivity index (χ4v) is 4.64. The zero-order chi connectivity index (χ0) is 29.4. The SMILES string of the molecule is COc1cc([N+](=O)[O-])ccc1Oc1ccc(COc2ccc(OC3CCN(CC(C)(C)OC(N)=O)CC3)cc2)cc1. The van der Waals surface area contributed by atoms with E-state index in [1.807, 2.05) is 50.2 Å². The molecule has 41 heavy (non-hydrogen) atoms. The zero-order valence-electron chi connectivity index (χ0n) is 23.4. The molecule has 218 valence electrons. The monoisotopic (exact) mass is 565 g/mol. The van der Waals surface area contributed by atoms with Crippen LogP contribution in [0.15, 0.2) is 66.7 Å². The predicted molar refractivity (Wildman–Crippen MR) is 152 cm³/mol. The van der Waals surface area contributed by atoms with Gasteiger partial charge in [0, 0.05) is 25.7 Å². The Kier molecular flexibility index (Phi) is 9.51. The minimum absolute atomic E-state index is 0.0723. The quantitative estimate of drug-likeness (QED) is 0.217. The Balaban J connectivity index is 1.22. The van der Waals surface area contributed by atoms with E-state index < -0.39 is 16.6 Å². The number of methoxy groups -OCH3 is 1. The van der Waals surface area contributed by atoms with Crippen LogP contribution in [0.2, 0.25) is 0 Å². The highest BCUT2D eigenvalue weighted by Crippen LogP contribution is 2.34.